The number of likely N-dealkylation sites (tertiary alicyclic amines) is 1. The number of carbonyl (C=O) groups is 1. The average Bonchev–Trinajstić information content (AvgIpc) is 3.32. The Balaban J connectivity index is 1.45. The number of hydrogen-bond donors (Lipinski definition) is 0. The number of thiazole rings is 1. The van der Waals surface area contributed by atoms with Crippen molar-refractivity contribution in [3.05, 3.63) is 58.9 Å². The fraction of sp³-hybridized carbons (Fsp3) is 0.333. The minimum Gasteiger partial charge on any atom is -0.494 e. The molecule has 140 valence electrons. The summed E-state index contributed by atoms with van der Waals surface area (Å²) in [5.41, 5.74) is 1.79. The molecule has 2 heterocycles. The van der Waals surface area contributed by atoms with E-state index in [0.29, 0.717) is 12.8 Å². The quantitative estimate of drug-likeness (QED) is 0.638. The first-order valence-corrected chi connectivity index (χ1v) is 9.94. The number of fused-ring (bicyclic) bond motifs is 1. The summed E-state index contributed by atoms with van der Waals surface area (Å²) in [6.45, 7) is 0.760. The van der Waals surface area contributed by atoms with Crippen molar-refractivity contribution in [3.8, 4) is 5.75 Å². The summed E-state index contributed by atoms with van der Waals surface area (Å²) >= 11 is 1.67. The number of rotatable bonds is 5. The van der Waals surface area contributed by atoms with Crippen LogP contribution in [0.15, 0.2) is 42.5 Å². The third kappa shape index (κ3) is 3.67. The lowest BCUT2D eigenvalue weighted by Gasteiger charge is -2.23. The van der Waals surface area contributed by atoms with Crippen molar-refractivity contribution in [1.29, 1.82) is 0 Å². The van der Waals surface area contributed by atoms with Crippen molar-refractivity contribution < 1.29 is 13.9 Å². The maximum atomic E-state index is 13.8. The standard InChI is InChI=1S/C21H21FN2O2S/c1-26-18-10-8-14(13-15(18)22)9-11-20(25)24-12-4-6-17(24)21-23-16-5-2-3-7-19(16)27-21/h2-3,5,7-8,10,13,17H,4,6,9,11-12H2,1H3. The fourth-order valence-electron chi connectivity index (χ4n) is 3.61. The Morgan fingerprint density at radius 1 is 1.33 bits per heavy atom. The van der Waals surface area contributed by atoms with Crippen LogP contribution in [0.1, 0.15) is 35.9 Å². The van der Waals surface area contributed by atoms with E-state index in [2.05, 4.69) is 6.07 Å². The van der Waals surface area contributed by atoms with Gasteiger partial charge in [-0.3, -0.25) is 4.79 Å². The number of ether oxygens (including phenoxy) is 1. The van der Waals surface area contributed by atoms with Gasteiger partial charge in [-0.15, -0.1) is 11.3 Å². The predicted molar refractivity (Wildman–Crippen MR) is 105 cm³/mol. The topological polar surface area (TPSA) is 42.4 Å². The molecule has 1 fully saturated rings. The molecule has 1 unspecified atom stereocenters. The van der Waals surface area contributed by atoms with Gasteiger partial charge in [-0.2, -0.15) is 0 Å². The number of carbonyl (C=O) groups excluding carboxylic acids is 1. The van der Waals surface area contributed by atoms with Gasteiger partial charge in [-0.05, 0) is 49.1 Å². The molecule has 2 aromatic carbocycles. The number of aromatic nitrogens is 1. The second kappa shape index (κ2) is 7.64. The average molecular weight is 384 g/mol. The summed E-state index contributed by atoms with van der Waals surface area (Å²) in [6.07, 6.45) is 2.82. The van der Waals surface area contributed by atoms with Crippen molar-refractivity contribution in [1.82, 2.24) is 9.88 Å². The Bertz CT molecular complexity index is 939. The highest BCUT2D eigenvalue weighted by molar-refractivity contribution is 7.18. The number of benzene rings is 2. The molecule has 1 aliphatic rings. The molecule has 0 aliphatic carbocycles. The van der Waals surface area contributed by atoms with Crippen molar-refractivity contribution in [2.45, 2.75) is 31.7 Å². The van der Waals surface area contributed by atoms with E-state index >= 15 is 0 Å². The van der Waals surface area contributed by atoms with Gasteiger partial charge >= 0.3 is 0 Å². The summed E-state index contributed by atoms with van der Waals surface area (Å²) < 4.78 is 19.9. The molecule has 0 radical (unpaired) electrons. The number of hydrogen-bond acceptors (Lipinski definition) is 4. The Morgan fingerprint density at radius 3 is 2.96 bits per heavy atom. The van der Waals surface area contributed by atoms with Crippen molar-refractivity contribution >= 4 is 27.5 Å². The van der Waals surface area contributed by atoms with Gasteiger partial charge in [0.15, 0.2) is 11.6 Å². The Labute approximate surface area is 161 Å². The van der Waals surface area contributed by atoms with Gasteiger partial charge in [0.05, 0.1) is 23.4 Å². The Hall–Kier alpha value is -2.47. The monoisotopic (exact) mass is 384 g/mol. The molecule has 4 rings (SSSR count). The van der Waals surface area contributed by atoms with Gasteiger partial charge in [0.2, 0.25) is 5.91 Å². The van der Waals surface area contributed by atoms with Crippen LogP contribution < -0.4 is 4.74 Å². The second-order valence-corrected chi connectivity index (χ2v) is 7.80. The van der Waals surface area contributed by atoms with Crippen LogP contribution in [0.4, 0.5) is 4.39 Å². The molecule has 6 heteroatoms. The van der Waals surface area contributed by atoms with Gasteiger partial charge in [0, 0.05) is 13.0 Å². The van der Waals surface area contributed by atoms with E-state index in [1.807, 2.05) is 29.2 Å². The largest absolute Gasteiger partial charge is 0.494 e. The highest BCUT2D eigenvalue weighted by atomic mass is 32.1. The van der Waals surface area contributed by atoms with Crippen LogP contribution in [0, 0.1) is 5.82 Å². The smallest absolute Gasteiger partial charge is 0.223 e. The van der Waals surface area contributed by atoms with E-state index in [9.17, 15) is 9.18 Å². The van der Waals surface area contributed by atoms with E-state index in [1.165, 1.54) is 13.2 Å². The summed E-state index contributed by atoms with van der Waals surface area (Å²) in [7, 11) is 1.44. The van der Waals surface area contributed by atoms with E-state index in [4.69, 9.17) is 9.72 Å². The van der Waals surface area contributed by atoms with Gasteiger partial charge in [-0.1, -0.05) is 18.2 Å². The van der Waals surface area contributed by atoms with Gasteiger partial charge in [0.1, 0.15) is 5.01 Å². The molecule has 1 atom stereocenters. The van der Waals surface area contributed by atoms with Gasteiger partial charge in [-0.25, -0.2) is 9.37 Å². The molecule has 27 heavy (non-hydrogen) atoms. The van der Waals surface area contributed by atoms with Crippen molar-refractivity contribution in [2.75, 3.05) is 13.7 Å². The lowest BCUT2D eigenvalue weighted by Crippen LogP contribution is -2.30. The highest BCUT2D eigenvalue weighted by Gasteiger charge is 2.31. The molecule has 1 aromatic heterocycles. The molecular formula is C21H21FN2O2S. The zero-order valence-corrected chi connectivity index (χ0v) is 16.0. The normalized spacial score (nSPS) is 16.8. The van der Waals surface area contributed by atoms with Crippen molar-refractivity contribution in [2.24, 2.45) is 0 Å². The molecule has 0 bridgehead atoms. The maximum Gasteiger partial charge on any atom is 0.223 e. The minimum atomic E-state index is -0.393. The molecule has 1 saturated heterocycles. The first-order valence-electron chi connectivity index (χ1n) is 9.13. The third-order valence-electron chi connectivity index (χ3n) is 5.01. The number of nitrogens with zero attached hydrogens (tertiary/aromatic N) is 2. The minimum absolute atomic E-state index is 0.0579. The predicted octanol–water partition coefficient (Wildman–Crippen LogP) is 4.74. The second-order valence-electron chi connectivity index (χ2n) is 6.73. The summed E-state index contributed by atoms with van der Waals surface area (Å²) in [5, 5.41) is 1.01. The Morgan fingerprint density at radius 2 is 2.19 bits per heavy atom. The highest BCUT2D eigenvalue weighted by Crippen LogP contribution is 2.36. The number of amides is 1. The van der Waals surface area contributed by atoms with Crippen LogP contribution in [0.5, 0.6) is 5.75 Å². The van der Waals surface area contributed by atoms with Gasteiger partial charge in [0.25, 0.3) is 0 Å². The van der Waals surface area contributed by atoms with E-state index in [1.54, 1.807) is 17.4 Å². The zero-order valence-electron chi connectivity index (χ0n) is 15.2. The molecule has 0 N–H and O–H groups in total. The zero-order chi connectivity index (χ0) is 18.8. The van der Waals surface area contributed by atoms with Gasteiger partial charge < -0.3 is 9.64 Å². The van der Waals surface area contributed by atoms with Crippen LogP contribution in [-0.2, 0) is 11.2 Å². The number of halogens is 1. The number of aryl methyl sites for hydroxylation is 1. The van der Waals surface area contributed by atoms with E-state index < -0.39 is 5.82 Å². The molecule has 1 aliphatic heterocycles. The molecule has 4 nitrogen and oxygen atoms in total. The molecule has 0 saturated carbocycles. The lowest BCUT2D eigenvalue weighted by atomic mass is 10.1. The summed E-state index contributed by atoms with van der Waals surface area (Å²) in [5.74, 6) is -0.0653. The van der Waals surface area contributed by atoms with Crippen LogP contribution in [-0.4, -0.2) is 29.4 Å². The molecular weight excluding hydrogens is 363 g/mol. The third-order valence-corrected chi connectivity index (χ3v) is 6.15. The summed E-state index contributed by atoms with van der Waals surface area (Å²) in [4.78, 5) is 19.5. The van der Waals surface area contributed by atoms with E-state index in [0.717, 1.165) is 40.2 Å². The first kappa shape index (κ1) is 17.9. The fourth-order valence-corrected chi connectivity index (χ4v) is 4.73. The Kier molecular flexibility index (Phi) is 5.07. The number of methoxy groups -OCH3 is 1. The van der Waals surface area contributed by atoms with Crippen LogP contribution in [0.2, 0.25) is 0 Å². The number of para-hydroxylation sites is 1. The van der Waals surface area contributed by atoms with Crippen LogP contribution in [0.3, 0.4) is 0 Å². The SMILES string of the molecule is COc1ccc(CCC(=O)N2CCCC2c2nc3ccccc3s2)cc1F. The van der Waals surface area contributed by atoms with Crippen molar-refractivity contribution in [3.63, 3.8) is 0 Å². The van der Waals surface area contributed by atoms with Crippen LogP contribution >= 0.6 is 11.3 Å². The molecule has 1 amide bonds. The maximum absolute atomic E-state index is 13.8. The molecule has 3 aromatic rings. The summed E-state index contributed by atoms with van der Waals surface area (Å²) in [6, 6.07) is 13.0. The first-order chi connectivity index (χ1) is 13.2. The lowest BCUT2D eigenvalue weighted by molar-refractivity contribution is -0.132. The van der Waals surface area contributed by atoms with Crippen LogP contribution in [0.25, 0.3) is 10.2 Å². The molecule has 0 spiro atoms. The van der Waals surface area contributed by atoms with E-state index in [-0.39, 0.29) is 17.7 Å².